The standard InChI is InChI=1S/C17H16ClFN4S2/c1-3-24-17(25-4-2)16(9-21)13(15(16,8-20)14(22)23-17)10-5-6-11(18)12(19)7-10/h5-7,13H,3-4H2,1-2H3,(H2,22,23). The molecule has 0 aromatic heterocycles. The molecule has 1 aliphatic carbocycles. The number of rotatable bonds is 5. The third-order valence-corrected chi connectivity index (χ3v) is 8.08. The molecule has 8 heteroatoms. The normalized spacial score (nSPS) is 31.6. The predicted octanol–water partition coefficient (Wildman–Crippen LogP) is 4.13. The lowest BCUT2D eigenvalue weighted by Gasteiger charge is -2.31. The number of hydrogen-bond acceptors (Lipinski definition) is 6. The first kappa shape index (κ1) is 18.4. The lowest BCUT2D eigenvalue weighted by molar-refractivity contribution is 0.562. The van der Waals surface area contributed by atoms with Crippen LogP contribution in [0.2, 0.25) is 5.02 Å². The van der Waals surface area contributed by atoms with Gasteiger partial charge in [0.2, 0.25) is 0 Å². The third-order valence-electron chi connectivity index (χ3n) is 4.88. The summed E-state index contributed by atoms with van der Waals surface area (Å²) in [5.74, 6) is 0.501. The van der Waals surface area contributed by atoms with Crippen molar-refractivity contribution in [3.8, 4) is 12.1 Å². The van der Waals surface area contributed by atoms with Crippen LogP contribution in [-0.4, -0.2) is 21.5 Å². The van der Waals surface area contributed by atoms with Crippen molar-refractivity contribution in [1.82, 2.24) is 0 Å². The van der Waals surface area contributed by atoms with Gasteiger partial charge in [-0.2, -0.15) is 10.5 Å². The van der Waals surface area contributed by atoms with Gasteiger partial charge in [-0.15, -0.1) is 23.5 Å². The second-order valence-electron chi connectivity index (χ2n) is 5.89. The minimum atomic E-state index is -1.23. The summed E-state index contributed by atoms with van der Waals surface area (Å²) in [4.78, 5) is 4.59. The van der Waals surface area contributed by atoms with Gasteiger partial charge in [0.1, 0.15) is 22.5 Å². The van der Waals surface area contributed by atoms with Gasteiger partial charge in [-0.25, -0.2) is 9.38 Å². The zero-order valence-electron chi connectivity index (χ0n) is 13.7. The van der Waals surface area contributed by atoms with Gasteiger partial charge in [-0.1, -0.05) is 31.5 Å². The highest BCUT2D eigenvalue weighted by molar-refractivity contribution is 8.18. The highest BCUT2D eigenvalue weighted by Crippen LogP contribution is 2.85. The number of amidine groups is 1. The van der Waals surface area contributed by atoms with Crippen molar-refractivity contribution in [1.29, 1.82) is 10.5 Å². The predicted molar refractivity (Wildman–Crippen MR) is 101 cm³/mol. The molecule has 2 N–H and O–H groups in total. The second-order valence-corrected chi connectivity index (χ2v) is 9.47. The maximum Gasteiger partial charge on any atom is 0.175 e. The van der Waals surface area contributed by atoms with E-state index >= 15 is 0 Å². The number of halogens is 2. The molecule has 1 saturated carbocycles. The number of aliphatic imine (C=N–C) groups is 1. The molecule has 1 aromatic rings. The van der Waals surface area contributed by atoms with Gasteiger partial charge < -0.3 is 5.73 Å². The van der Waals surface area contributed by atoms with Gasteiger partial charge in [0.05, 0.1) is 17.2 Å². The van der Waals surface area contributed by atoms with Crippen molar-refractivity contribution in [3.63, 3.8) is 0 Å². The van der Waals surface area contributed by atoms with E-state index in [2.05, 4.69) is 17.1 Å². The van der Waals surface area contributed by atoms with E-state index in [0.29, 0.717) is 5.56 Å². The minimum Gasteiger partial charge on any atom is -0.386 e. The van der Waals surface area contributed by atoms with E-state index in [9.17, 15) is 14.9 Å². The Morgan fingerprint density at radius 2 is 1.92 bits per heavy atom. The lowest BCUT2D eigenvalue weighted by Crippen LogP contribution is -2.31. The van der Waals surface area contributed by atoms with E-state index in [1.165, 1.54) is 35.7 Å². The summed E-state index contributed by atoms with van der Waals surface area (Å²) in [5.41, 5.74) is 4.39. The van der Waals surface area contributed by atoms with Gasteiger partial charge in [0, 0.05) is 5.92 Å². The van der Waals surface area contributed by atoms with Crippen molar-refractivity contribution >= 4 is 41.0 Å². The number of fused-ring (bicyclic) bond motifs is 1. The number of benzene rings is 1. The molecule has 1 heterocycles. The molecule has 0 spiro atoms. The smallest absolute Gasteiger partial charge is 0.175 e. The summed E-state index contributed by atoms with van der Waals surface area (Å²) in [6, 6.07) is 9.03. The van der Waals surface area contributed by atoms with Crippen LogP contribution in [0.1, 0.15) is 25.3 Å². The summed E-state index contributed by atoms with van der Waals surface area (Å²) in [6.07, 6.45) is 0. The Bertz CT molecular complexity index is 840. The topological polar surface area (TPSA) is 86.0 Å². The highest BCUT2D eigenvalue weighted by Gasteiger charge is 2.91. The molecule has 3 atom stereocenters. The SMILES string of the molecule is CCSC1(SCC)N=C(N)C2(C#N)C(c3ccc(Cl)c(F)c3)C12C#N. The molecule has 130 valence electrons. The van der Waals surface area contributed by atoms with Crippen LogP contribution in [0.4, 0.5) is 4.39 Å². The maximum absolute atomic E-state index is 14.0. The van der Waals surface area contributed by atoms with E-state index in [-0.39, 0.29) is 10.9 Å². The Kier molecular flexibility index (Phi) is 4.48. The molecule has 0 saturated heterocycles. The molecule has 0 bridgehead atoms. The average molecular weight is 395 g/mol. The Morgan fingerprint density at radius 1 is 1.28 bits per heavy atom. The van der Waals surface area contributed by atoms with Crippen molar-refractivity contribution < 1.29 is 4.39 Å². The fourth-order valence-corrected chi connectivity index (χ4v) is 7.31. The summed E-state index contributed by atoms with van der Waals surface area (Å²) < 4.78 is 13.1. The van der Waals surface area contributed by atoms with Crippen molar-refractivity contribution in [3.05, 3.63) is 34.6 Å². The molecule has 0 radical (unpaired) electrons. The van der Waals surface area contributed by atoms with Gasteiger partial charge in [0.15, 0.2) is 4.20 Å². The van der Waals surface area contributed by atoms with Crippen molar-refractivity contribution in [2.24, 2.45) is 21.6 Å². The van der Waals surface area contributed by atoms with E-state index in [0.717, 1.165) is 11.5 Å². The van der Waals surface area contributed by atoms with E-state index in [1.807, 2.05) is 13.8 Å². The summed E-state index contributed by atoms with van der Waals surface area (Å²) in [6.45, 7) is 3.95. The fraction of sp³-hybridized carbons (Fsp3) is 0.471. The molecule has 3 rings (SSSR count). The maximum atomic E-state index is 14.0. The fourth-order valence-electron chi connectivity index (χ4n) is 3.94. The Morgan fingerprint density at radius 3 is 2.40 bits per heavy atom. The van der Waals surface area contributed by atoms with Crippen molar-refractivity contribution in [2.75, 3.05) is 11.5 Å². The lowest BCUT2D eigenvalue weighted by atomic mass is 9.97. The highest BCUT2D eigenvalue weighted by atomic mass is 35.5. The molecule has 0 amide bonds. The Hall–Kier alpha value is -1.41. The molecule has 2 aliphatic rings. The minimum absolute atomic E-state index is 0.00495. The van der Waals surface area contributed by atoms with Gasteiger partial charge in [-0.05, 0) is 29.2 Å². The largest absolute Gasteiger partial charge is 0.386 e. The first-order chi connectivity index (χ1) is 11.9. The van der Waals surface area contributed by atoms with Gasteiger partial charge >= 0.3 is 0 Å². The Balaban J connectivity index is 2.23. The van der Waals surface area contributed by atoms with Crippen LogP contribution >= 0.6 is 35.1 Å². The van der Waals surface area contributed by atoms with Crippen LogP contribution in [0, 0.1) is 39.3 Å². The van der Waals surface area contributed by atoms with Gasteiger partial charge in [-0.3, -0.25) is 0 Å². The van der Waals surface area contributed by atoms with Crippen LogP contribution in [0.15, 0.2) is 23.2 Å². The van der Waals surface area contributed by atoms with Crippen LogP contribution in [0.25, 0.3) is 0 Å². The molecular formula is C17H16ClFN4S2. The summed E-state index contributed by atoms with van der Waals surface area (Å²) in [7, 11) is 0. The number of nitrogens with two attached hydrogens (primary N) is 1. The number of hydrogen-bond donors (Lipinski definition) is 1. The van der Waals surface area contributed by atoms with Gasteiger partial charge in [0.25, 0.3) is 0 Å². The molecule has 1 aromatic carbocycles. The molecular weight excluding hydrogens is 379 g/mol. The summed E-state index contributed by atoms with van der Waals surface area (Å²) >= 11 is 8.81. The molecule has 25 heavy (non-hydrogen) atoms. The third kappa shape index (κ3) is 2.04. The molecule has 4 nitrogen and oxygen atoms in total. The molecule has 1 fully saturated rings. The van der Waals surface area contributed by atoms with Crippen LogP contribution in [0.3, 0.4) is 0 Å². The van der Waals surface area contributed by atoms with E-state index in [4.69, 9.17) is 17.3 Å². The first-order valence-electron chi connectivity index (χ1n) is 7.81. The molecule has 1 aliphatic heterocycles. The van der Waals surface area contributed by atoms with Crippen LogP contribution in [-0.2, 0) is 0 Å². The second kappa shape index (κ2) is 6.09. The average Bonchev–Trinajstić information content (AvgIpc) is 3.16. The van der Waals surface area contributed by atoms with E-state index < -0.39 is 26.8 Å². The van der Waals surface area contributed by atoms with Crippen molar-refractivity contribution in [2.45, 2.75) is 24.0 Å². The molecule has 3 unspecified atom stereocenters. The summed E-state index contributed by atoms with van der Waals surface area (Å²) in [5, 5.41) is 20.1. The quantitative estimate of drug-likeness (QED) is 0.759. The number of thioether (sulfide) groups is 2. The Labute approximate surface area is 159 Å². The van der Waals surface area contributed by atoms with Crippen LogP contribution < -0.4 is 5.73 Å². The van der Waals surface area contributed by atoms with E-state index in [1.54, 1.807) is 6.07 Å². The first-order valence-corrected chi connectivity index (χ1v) is 10.2. The zero-order valence-corrected chi connectivity index (χ0v) is 16.1. The number of nitrogens with zero attached hydrogens (tertiary/aromatic N) is 3. The zero-order chi connectivity index (χ0) is 18.5. The monoisotopic (exact) mass is 394 g/mol. The van der Waals surface area contributed by atoms with Crippen LogP contribution in [0.5, 0.6) is 0 Å². The number of nitriles is 2.